The predicted molar refractivity (Wildman–Crippen MR) is 158 cm³/mol. The zero-order valence-corrected chi connectivity index (χ0v) is 24.7. The number of aryl methyl sites for hydroxylation is 1. The molecule has 1 saturated heterocycles. The molecule has 0 bridgehead atoms. The van der Waals surface area contributed by atoms with E-state index in [9.17, 15) is 14.0 Å². The van der Waals surface area contributed by atoms with Gasteiger partial charge in [-0.15, -0.1) is 5.10 Å². The van der Waals surface area contributed by atoms with E-state index in [2.05, 4.69) is 25.8 Å². The number of rotatable bonds is 8. The van der Waals surface area contributed by atoms with Crippen LogP contribution >= 0.6 is 0 Å². The molecule has 9 nitrogen and oxygen atoms in total. The molecule has 218 valence electrons. The maximum Gasteiger partial charge on any atom is 0.258 e. The van der Waals surface area contributed by atoms with E-state index in [-0.39, 0.29) is 36.9 Å². The van der Waals surface area contributed by atoms with Gasteiger partial charge in [-0.1, -0.05) is 39.8 Å². The topological polar surface area (TPSA) is 104 Å². The third-order valence-electron chi connectivity index (χ3n) is 7.25. The van der Waals surface area contributed by atoms with Crippen molar-refractivity contribution in [2.24, 2.45) is 5.92 Å². The van der Waals surface area contributed by atoms with Gasteiger partial charge in [0.25, 0.3) is 11.8 Å². The Labute approximate surface area is 237 Å². The number of carbonyl (C=O) groups excluding carboxylic acids is 2. The Bertz CT molecular complexity index is 1370. The maximum absolute atomic E-state index is 14.2. The fourth-order valence-electron chi connectivity index (χ4n) is 4.63. The van der Waals surface area contributed by atoms with Crippen LogP contribution in [0, 0.1) is 18.7 Å². The highest BCUT2D eigenvalue weighted by atomic mass is 19.1. The summed E-state index contributed by atoms with van der Waals surface area (Å²) < 4.78 is 16.0. The molecule has 0 aliphatic carbocycles. The monoisotopic (exact) mass is 553 g/mol. The summed E-state index contributed by atoms with van der Waals surface area (Å²) in [5.74, 6) is -0.291. The largest absolute Gasteiger partial charge is 0.391 e. The van der Waals surface area contributed by atoms with E-state index in [1.807, 2.05) is 59.7 Å². The normalized spacial score (nSPS) is 18.1. The molecule has 1 aliphatic rings. The maximum atomic E-state index is 14.2. The van der Waals surface area contributed by atoms with Crippen LogP contribution < -0.4 is 20.9 Å². The number of benzene rings is 1. The first kappa shape index (κ1) is 30.6. The highest BCUT2D eigenvalue weighted by Gasteiger charge is 2.36. The molecule has 1 fully saturated rings. The Balaban J connectivity index is 0.00000192. The number of allylic oxidation sites excluding steroid dienone is 1. The summed E-state index contributed by atoms with van der Waals surface area (Å²) in [5, 5.41) is 13.7. The molecule has 10 heteroatoms. The lowest BCUT2D eigenvalue weighted by molar-refractivity contribution is -0.124. The third-order valence-corrected chi connectivity index (χ3v) is 7.25. The van der Waals surface area contributed by atoms with E-state index in [0.717, 1.165) is 16.9 Å². The highest BCUT2D eigenvalue weighted by molar-refractivity contribution is 6.19. The molecule has 0 spiro atoms. The van der Waals surface area contributed by atoms with Crippen LogP contribution in [0.15, 0.2) is 53.9 Å². The van der Waals surface area contributed by atoms with E-state index in [0.29, 0.717) is 24.5 Å². The van der Waals surface area contributed by atoms with Crippen LogP contribution in [0.5, 0.6) is 0 Å². The van der Waals surface area contributed by atoms with Gasteiger partial charge >= 0.3 is 0 Å². The summed E-state index contributed by atoms with van der Waals surface area (Å²) >= 11 is 0. The van der Waals surface area contributed by atoms with Crippen LogP contribution in [0.3, 0.4) is 0 Å². The van der Waals surface area contributed by atoms with Crippen LogP contribution in [0.2, 0.25) is 0 Å². The van der Waals surface area contributed by atoms with Gasteiger partial charge in [0, 0.05) is 32.8 Å². The van der Waals surface area contributed by atoms with Crippen LogP contribution in [-0.4, -0.2) is 52.1 Å². The Hall–Kier alpha value is -3.95. The molecule has 0 saturated carbocycles. The van der Waals surface area contributed by atoms with Crippen molar-refractivity contribution in [3.05, 3.63) is 70.9 Å². The summed E-state index contributed by atoms with van der Waals surface area (Å²) in [7, 11) is 1.68. The predicted octanol–water partition coefficient (Wildman–Crippen LogP) is 4.54. The number of carbonyl (C=O) groups is 2. The molecular formula is C30H44FN7O2. The van der Waals surface area contributed by atoms with Crippen molar-refractivity contribution in [2.45, 2.75) is 73.0 Å². The first-order chi connectivity index (χ1) is 19.1. The number of hydrogen-bond acceptors (Lipinski definition) is 6. The van der Waals surface area contributed by atoms with Gasteiger partial charge in [-0.2, -0.15) is 0 Å². The van der Waals surface area contributed by atoms with Crippen molar-refractivity contribution in [3.8, 4) is 0 Å². The van der Waals surface area contributed by atoms with Crippen molar-refractivity contribution in [1.82, 2.24) is 30.5 Å². The molecule has 3 N–H and O–H groups in total. The number of hydrogen-bond donors (Lipinski definition) is 3. The Morgan fingerprint density at radius 2 is 1.85 bits per heavy atom. The number of nitrogens with zero attached hydrogens (tertiary/aromatic N) is 4. The van der Waals surface area contributed by atoms with Crippen molar-refractivity contribution >= 4 is 23.3 Å². The van der Waals surface area contributed by atoms with Crippen LogP contribution in [0.1, 0.15) is 66.7 Å². The van der Waals surface area contributed by atoms with Crippen LogP contribution in [0.4, 0.5) is 10.2 Å². The number of aromatic nitrogens is 3. The minimum atomic E-state index is -0.455. The Morgan fingerprint density at radius 1 is 1.12 bits per heavy atom. The van der Waals surface area contributed by atoms with E-state index >= 15 is 0 Å². The lowest BCUT2D eigenvalue weighted by atomic mass is 10.0. The van der Waals surface area contributed by atoms with Gasteiger partial charge in [0.05, 0.1) is 17.9 Å². The second kappa shape index (κ2) is 13.4. The average molecular weight is 554 g/mol. The number of imidazole rings is 1. The zero-order valence-electron chi connectivity index (χ0n) is 24.7. The molecule has 3 atom stereocenters. The number of halogens is 1. The van der Waals surface area contributed by atoms with E-state index in [4.69, 9.17) is 5.10 Å². The van der Waals surface area contributed by atoms with Gasteiger partial charge in [-0.05, 0) is 62.9 Å². The minimum Gasteiger partial charge on any atom is -0.391 e. The van der Waals surface area contributed by atoms with Gasteiger partial charge < -0.3 is 20.9 Å². The Kier molecular flexibility index (Phi) is 10.3. The second-order valence-electron chi connectivity index (χ2n) is 10.2. The van der Waals surface area contributed by atoms with Gasteiger partial charge in [0.1, 0.15) is 17.2 Å². The van der Waals surface area contributed by atoms with Crippen LogP contribution in [0.25, 0.3) is 5.65 Å². The highest BCUT2D eigenvalue weighted by Crippen LogP contribution is 2.36. The first-order valence-corrected chi connectivity index (χ1v) is 13.9. The minimum absolute atomic E-state index is 0. The first-order valence-electron chi connectivity index (χ1n) is 13.9. The third kappa shape index (κ3) is 6.78. The van der Waals surface area contributed by atoms with Crippen molar-refractivity contribution in [2.75, 3.05) is 18.5 Å². The molecule has 4 rings (SSSR count). The number of amides is 2. The number of anilines is 1. The van der Waals surface area contributed by atoms with Gasteiger partial charge in [0.2, 0.25) is 0 Å². The van der Waals surface area contributed by atoms with Crippen molar-refractivity contribution in [1.29, 1.82) is 0 Å². The summed E-state index contributed by atoms with van der Waals surface area (Å²) in [4.78, 5) is 32.9. The summed E-state index contributed by atoms with van der Waals surface area (Å²) in [6, 6.07) is 9.64. The number of fused-ring (bicyclic) bond motifs is 1. The van der Waals surface area contributed by atoms with Gasteiger partial charge in [-0.25, -0.2) is 13.9 Å². The molecule has 2 aromatic heterocycles. The van der Waals surface area contributed by atoms with Crippen LogP contribution in [-0.2, 0) is 9.59 Å². The SMILES string of the molecule is CC.CN/C(C)=C(/C(=O)NC1C[C@H](c2cccc(F)c2)N(c2ccc3ncc(C)n3n2)C1)C(=O)NC(C)C(C)C.[HH]. The average Bonchev–Trinajstić information content (AvgIpc) is 3.52. The molecular weight excluding hydrogens is 509 g/mol. The molecule has 2 unspecified atom stereocenters. The summed E-state index contributed by atoms with van der Waals surface area (Å²) in [6.45, 7) is 14.0. The van der Waals surface area contributed by atoms with E-state index < -0.39 is 11.8 Å². The summed E-state index contributed by atoms with van der Waals surface area (Å²) in [6.07, 6.45) is 2.28. The van der Waals surface area contributed by atoms with Crippen molar-refractivity contribution < 1.29 is 15.4 Å². The molecule has 3 heterocycles. The molecule has 0 radical (unpaired) electrons. The molecule has 1 aliphatic heterocycles. The lowest BCUT2D eigenvalue weighted by Crippen LogP contribution is -2.45. The Morgan fingerprint density at radius 3 is 2.50 bits per heavy atom. The fraction of sp³-hybridized carbons (Fsp3) is 0.467. The van der Waals surface area contributed by atoms with Gasteiger partial charge in [0.15, 0.2) is 5.65 Å². The second-order valence-corrected chi connectivity index (χ2v) is 10.2. The fourth-order valence-corrected chi connectivity index (χ4v) is 4.63. The molecule has 2 amide bonds. The van der Waals surface area contributed by atoms with Gasteiger partial charge in [-0.3, -0.25) is 9.59 Å². The smallest absolute Gasteiger partial charge is 0.258 e. The van der Waals surface area contributed by atoms with E-state index in [1.165, 1.54) is 12.1 Å². The zero-order chi connectivity index (χ0) is 29.6. The summed E-state index contributed by atoms with van der Waals surface area (Å²) in [5.41, 5.74) is 2.95. The lowest BCUT2D eigenvalue weighted by Gasteiger charge is -2.26. The number of nitrogens with one attached hydrogen (secondary N) is 3. The van der Waals surface area contributed by atoms with E-state index in [1.54, 1.807) is 30.8 Å². The molecule has 40 heavy (non-hydrogen) atoms. The molecule has 1 aromatic carbocycles. The molecule has 3 aromatic rings. The van der Waals surface area contributed by atoms with Crippen molar-refractivity contribution in [3.63, 3.8) is 0 Å². The quantitative estimate of drug-likeness (QED) is 0.215. The standard InChI is InChI=1S/C28H36FN7O2.C2H6.H2/c1-16(2)18(4)32-27(37)26(19(5)30-6)28(38)33-22-13-23(20-8-7-9-21(29)12-20)35(15-22)25-11-10-24-31-14-17(3)36(24)34-25;1-2;/h7-12,14,16,18,22-23,30H,13,15H2,1-6H3,(H,32,37)(H,33,38);1-2H3;1H/b26-19+;;/t18?,22?,23-;;/m1../s1.